The highest BCUT2D eigenvalue weighted by molar-refractivity contribution is 5.92. The van der Waals surface area contributed by atoms with Gasteiger partial charge in [-0.2, -0.15) is 0 Å². The molecule has 3 heteroatoms. The van der Waals surface area contributed by atoms with E-state index < -0.39 is 5.79 Å². The Morgan fingerprint density at radius 2 is 2.46 bits per heavy atom. The fourth-order valence-corrected chi connectivity index (χ4v) is 2.88. The Morgan fingerprint density at radius 3 is 3.15 bits per heavy atom. The highest BCUT2D eigenvalue weighted by Gasteiger charge is 2.62. The van der Waals surface area contributed by atoms with Gasteiger partial charge in [-0.3, -0.25) is 4.79 Å². The first kappa shape index (κ1) is 7.71. The van der Waals surface area contributed by atoms with Gasteiger partial charge in [-0.1, -0.05) is 12.2 Å². The van der Waals surface area contributed by atoms with E-state index in [0.29, 0.717) is 12.5 Å². The van der Waals surface area contributed by atoms with Crippen molar-refractivity contribution >= 4 is 5.78 Å². The minimum atomic E-state index is -0.914. The first-order valence-electron chi connectivity index (χ1n) is 4.69. The van der Waals surface area contributed by atoms with Gasteiger partial charge in [0.2, 0.25) is 5.79 Å². The summed E-state index contributed by atoms with van der Waals surface area (Å²) in [5.74, 6) is -0.0983. The van der Waals surface area contributed by atoms with Gasteiger partial charge >= 0.3 is 0 Å². The Kier molecular flexibility index (Phi) is 1.32. The molecule has 0 radical (unpaired) electrons. The van der Waals surface area contributed by atoms with E-state index in [9.17, 15) is 4.79 Å². The molecule has 4 atom stereocenters. The van der Waals surface area contributed by atoms with Crippen LogP contribution in [-0.2, 0) is 14.3 Å². The van der Waals surface area contributed by atoms with E-state index in [-0.39, 0.29) is 17.6 Å². The molecule has 0 N–H and O–H groups in total. The molecule has 1 saturated heterocycles. The molecule has 3 nitrogen and oxygen atoms in total. The van der Waals surface area contributed by atoms with Gasteiger partial charge in [0, 0.05) is 18.9 Å². The fourth-order valence-electron chi connectivity index (χ4n) is 2.88. The van der Waals surface area contributed by atoms with Crippen molar-refractivity contribution in [1.29, 1.82) is 0 Å². The monoisotopic (exact) mass is 180 g/mol. The van der Waals surface area contributed by atoms with E-state index in [0.717, 1.165) is 6.42 Å². The number of hydrogen-bond donors (Lipinski definition) is 0. The Hall–Kier alpha value is -0.670. The topological polar surface area (TPSA) is 35.5 Å². The quantitative estimate of drug-likeness (QED) is 0.558. The largest absolute Gasteiger partial charge is 0.347 e. The molecule has 70 valence electrons. The number of carbonyl (C=O) groups is 1. The van der Waals surface area contributed by atoms with E-state index in [2.05, 4.69) is 6.08 Å². The number of Topliss-reactive ketones (excluding diaryl/α,β-unsaturated/α-hetero) is 1. The first-order valence-corrected chi connectivity index (χ1v) is 4.69. The van der Waals surface area contributed by atoms with E-state index in [1.807, 2.05) is 6.08 Å². The maximum Gasteiger partial charge on any atom is 0.236 e. The van der Waals surface area contributed by atoms with Gasteiger partial charge in [0.1, 0.15) is 0 Å². The van der Waals surface area contributed by atoms with Crippen LogP contribution in [-0.4, -0.2) is 25.3 Å². The summed E-state index contributed by atoms with van der Waals surface area (Å²) in [6.07, 6.45) is 5.05. The summed E-state index contributed by atoms with van der Waals surface area (Å²) < 4.78 is 10.8. The minimum Gasteiger partial charge on any atom is -0.347 e. The maximum absolute atomic E-state index is 11.9. The summed E-state index contributed by atoms with van der Waals surface area (Å²) in [5, 5.41) is 0. The van der Waals surface area contributed by atoms with Gasteiger partial charge < -0.3 is 9.47 Å². The smallest absolute Gasteiger partial charge is 0.236 e. The van der Waals surface area contributed by atoms with Crippen LogP contribution >= 0.6 is 0 Å². The van der Waals surface area contributed by atoms with Crippen molar-refractivity contribution in [2.75, 3.05) is 13.7 Å². The van der Waals surface area contributed by atoms with Crippen LogP contribution in [0.3, 0.4) is 0 Å². The molecule has 1 saturated carbocycles. The predicted molar refractivity (Wildman–Crippen MR) is 44.9 cm³/mol. The van der Waals surface area contributed by atoms with Crippen LogP contribution in [0.5, 0.6) is 0 Å². The third-order valence-electron chi connectivity index (χ3n) is 3.55. The number of hydrogen-bond acceptors (Lipinski definition) is 3. The number of allylic oxidation sites excluding steroid dienone is 1. The van der Waals surface area contributed by atoms with Crippen molar-refractivity contribution < 1.29 is 14.3 Å². The van der Waals surface area contributed by atoms with Crippen molar-refractivity contribution in [1.82, 2.24) is 0 Å². The molecule has 3 aliphatic carbocycles. The number of methoxy groups -OCH3 is 1. The molecule has 13 heavy (non-hydrogen) atoms. The Morgan fingerprint density at radius 1 is 1.62 bits per heavy atom. The third-order valence-corrected chi connectivity index (χ3v) is 3.55. The molecule has 1 heterocycles. The first-order chi connectivity index (χ1) is 6.28. The highest BCUT2D eigenvalue weighted by Crippen LogP contribution is 2.51. The summed E-state index contributed by atoms with van der Waals surface area (Å²) in [4.78, 5) is 11.9. The normalized spacial score (nSPS) is 51.8. The van der Waals surface area contributed by atoms with Crippen molar-refractivity contribution in [3.8, 4) is 0 Å². The molecule has 0 aromatic rings. The predicted octanol–water partition coefficient (Wildman–Crippen LogP) is 0.750. The van der Waals surface area contributed by atoms with Crippen molar-refractivity contribution in [3.63, 3.8) is 0 Å². The molecule has 4 aliphatic rings. The van der Waals surface area contributed by atoms with Crippen LogP contribution in [0.2, 0.25) is 0 Å². The van der Waals surface area contributed by atoms with E-state index in [1.54, 1.807) is 7.11 Å². The second-order valence-corrected chi connectivity index (χ2v) is 4.06. The minimum absolute atomic E-state index is 0.0393. The Bertz CT molecular complexity index is 297. The van der Waals surface area contributed by atoms with Crippen molar-refractivity contribution in [2.45, 2.75) is 12.2 Å². The van der Waals surface area contributed by atoms with Gasteiger partial charge in [-0.05, 0) is 12.3 Å². The number of ketones is 1. The summed E-state index contributed by atoms with van der Waals surface area (Å²) >= 11 is 0. The van der Waals surface area contributed by atoms with Crippen LogP contribution in [0, 0.1) is 17.8 Å². The zero-order valence-corrected chi connectivity index (χ0v) is 7.53. The fraction of sp³-hybridized carbons (Fsp3) is 0.700. The molecule has 0 aromatic carbocycles. The number of carbonyl (C=O) groups excluding carboxylic acids is 1. The van der Waals surface area contributed by atoms with Gasteiger partial charge in [0.25, 0.3) is 0 Å². The lowest BCUT2D eigenvalue weighted by atomic mass is 9.67. The number of rotatable bonds is 1. The Balaban J connectivity index is 2.14. The second kappa shape index (κ2) is 2.22. The lowest BCUT2D eigenvalue weighted by Crippen LogP contribution is -2.54. The standard InChI is InChI=1S/C10H12O3/c1-12-10-8-3-2-6(9(10)11)4-7(8)5-13-10/h2-3,6-8H,4-5H2,1H3/t6-,7?,8+,10+/m1/s1. The molecule has 1 aliphatic heterocycles. The molecule has 0 amide bonds. The average molecular weight is 180 g/mol. The van der Waals surface area contributed by atoms with Crippen molar-refractivity contribution in [2.24, 2.45) is 17.8 Å². The van der Waals surface area contributed by atoms with Gasteiger partial charge in [0.05, 0.1) is 6.61 Å². The van der Waals surface area contributed by atoms with Crippen LogP contribution in [0.25, 0.3) is 0 Å². The van der Waals surface area contributed by atoms with Crippen LogP contribution in [0.1, 0.15) is 6.42 Å². The molecule has 4 rings (SSSR count). The SMILES string of the molecule is CO[C@]12OCC3C[C@@H](C=C[C@@H]31)C2=O. The molecule has 4 bridgehead atoms. The molecule has 2 fully saturated rings. The molecule has 0 aromatic heterocycles. The molecule has 0 spiro atoms. The van der Waals surface area contributed by atoms with Crippen LogP contribution in [0.4, 0.5) is 0 Å². The van der Waals surface area contributed by atoms with E-state index in [1.165, 1.54) is 0 Å². The number of ether oxygens (including phenoxy) is 2. The van der Waals surface area contributed by atoms with Crippen LogP contribution in [0.15, 0.2) is 12.2 Å². The zero-order chi connectivity index (χ0) is 9.05. The van der Waals surface area contributed by atoms with Gasteiger partial charge in [-0.15, -0.1) is 0 Å². The van der Waals surface area contributed by atoms with Crippen LogP contribution < -0.4 is 0 Å². The second-order valence-electron chi connectivity index (χ2n) is 4.06. The van der Waals surface area contributed by atoms with Gasteiger partial charge in [0.15, 0.2) is 5.78 Å². The summed E-state index contributed by atoms with van der Waals surface area (Å²) in [7, 11) is 1.56. The van der Waals surface area contributed by atoms with E-state index in [4.69, 9.17) is 9.47 Å². The molecular weight excluding hydrogens is 168 g/mol. The molecular formula is C10H12O3. The van der Waals surface area contributed by atoms with E-state index >= 15 is 0 Å². The van der Waals surface area contributed by atoms with Gasteiger partial charge in [-0.25, -0.2) is 0 Å². The lowest BCUT2D eigenvalue weighted by Gasteiger charge is -2.41. The average Bonchev–Trinajstić information content (AvgIpc) is 2.50. The third kappa shape index (κ3) is 0.708. The van der Waals surface area contributed by atoms with Crippen molar-refractivity contribution in [3.05, 3.63) is 12.2 Å². The molecule has 1 unspecified atom stereocenters. The zero-order valence-electron chi connectivity index (χ0n) is 7.53. The summed E-state index contributed by atoms with van der Waals surface area (Å²) in [6, 6.07) is 0. The Labute approximate surface area is 76.7 Å². The lowest BCUT2D eigenvalue weighted by molar-refractivity contribution is -0.214. The summed E-state index contributed by atoms with van der Waals surface area (Å²) in [5.41, 5.74) is 0. The highest BCUT2D eigenvalue weighted by atomic mass is 16.7. The summed E-state index contributed by atoms with van der Waals surface area (Å²) in [6.45, 7) is 0.672. The maximum atomic E-state index is 11.9.